The van der Waals surface area contributed by atoms with E-state index in [0.717, 1.165) is 44.1 Å². The minimum absolute atomic E-state index is 0.0137. The Morgan fingerprint density at radius 2 is 2.04 bits per heavy atom. The summed E-state index contributed by atoms with van der Waals surface area (Å²) in [4.78, 5) is 20.4. The number of fused-ring (bicyclic) bond motifs is 1. The molecular weight excluding hydrogens is 442 g/mol. The minimum atomic E-state index is -0.371. The lowest BCUT2D eigenvalue weighted by Crippen LogP contribution is -2.30. The van der Waals surface area contributed by atoms with E-state index >= 15 is 0 Å². The van der Waals surface area contributed by atoms with Gasteiger partial charge in [0.1, 0.15) is 4.47 Å². The first kappa shape index (κ1) is 17.6. The Balaban J connectivity index is 2.19. The van der Waals surface area contributed by atoms with Crippen LogP contribution < -0.4 is 4.90 Å². The summed E-state index contributed by atoms with van der Waals surface area (Å²) in [6.45, 7) is 6.54. The molecule has 1 aliphatic rings. The Kier molecular flexibility index (Phi) is 5.12. The molecule has 1 aliphatic heterocycles. The number of imidazole rings is 1. The summed E-state index contributed by atoms with van der Waals surface area (Å²) in [5.41, 5.74) is 1.23. The molecule has 0 spiro atoms. The highest BCUT2D eigenvalue weighted by Gasteiger charge is 2.27. The first-order chi connectivity index (χ1) is 11.4. The van der Waals surface area contributed by atoms with E-state index in [0.29, 0.717) is 21.0 Å². The fourth-order valence-corrected chi connectivity index (χ4v) is 3.99. The zero-order valence-electron chi connectivity index (χ0n) is 13.6. The molecule has 0 unspecified atom stereocenters. The van der Waals surface area contributed by atoms with Crippen molar-refractivity contribution in [2.24, 2.45) is 0 Å². The van der Waals surface area contributed by atoms with Crippen molar-refractivity contribution in [1.82, 2.24) is 14.5 Å². The van der Waals surface area contributed by atoms with E-state index in [9.17, 15) is 10.1 Å². The smallest absolute Gasteiger partial charge is 0.312 e. The van der Waals surface area contributed by atoms with Gasteiger partial charge in [-0.2, -0.15) is 0 Å². The molecule has 130 valence electrons. The van der Waals surface area contributed by atoms with Crippen molar-refractivity contribution in [1.29, 1.82) is 0 Å². The standard InChI is InChI=1S/C15H19Br2N5O2/c1-3-21-11-9-10(16)12(17)14(22(23)24)13(11)18-15(21)20-6-4-5-19(2)7-8-20/h9H,3-8H2,1-2H3. The molecule has 3 rings (SSSR count). The predicted octanol–water partition coefficient (Wildman–Crippen LogP) is 3.63. The maximum atomic E-state index is 11.6. The zero-order valence-corrected chi connectivity index (χ0v) is 16.8. The number of aromatic nitrogens is 2. The van der Waals surface area contributed by atoms with E-state index < -0.39 is 0 Å². The van der Waals surface area contributed by atoms with Crippen LogP contribution >= 0.6 is 31.9 Å². The minimum Gasteiger partial charge on any atom is -0.341 e. The van der Waals surface area contributed by atoms with Gasteiger partial charge in [-0.3, -0.25) is 10.1 Å². The second kappa shape index (κ2) is 6.97. The molecule has 1 aromatic heterocycles. The zero-order chi connectivity index (χ0) is 17.4. The molecule has 0 saturated carbocycles. The van der Waals surface area contributed by atoms with E-state index in [1.54, 1.807) is 0 Å². The molecule has 1 aromatic carbocycles. The molecule has 0 N–H and O–H groups in total. The van der Waals surface area contributed by atoms with Gasteiger partial charge in [-0.15, -0.1) is 0 Å². The summed E-state index contributed by atoms with van der Waals surface area (Å²) < 4.78 is 3.16. The van der Waals surface area contributed by atoms with Crippen LogP contribution in [0.15, 0.2) is 15.0 Å². The fourth-order valence-electron chi connectivity index (χ4n) is 3.14. The number of hydrogen-bond acceptors (Lipinski definition) is 5. The van der Waals surface area contributed by atoms with Gasteiger partial charge in [0.15, 0.2) is 5.52 Å². The van der Waals surface area contributed by atoms with Crippen molar-refractivity contribution in [3.05, 3.63) is 25.1 Å². The normalized spacial score (nSPS) is 16.6. The van der Waals surface area contributed by atoms with E-state index in [1.807, 2.05) is 13.0 Å². The van der Waals surface area contributed by atoms with Crippen LogP contribution in [0.4, 0.5) is 11.6 Å². The van der Waals surface area contributed by atoms with Gasteiger partial charge in [0.2, 0.25) is 5.95 Å². The summed E-state index contributed by atoms with van der Waals surface area (Å²) in [6.07, 6.45) is 1.05. The summed E-state index contributed by atoms with van der Waals surface area (Å²) >= 11 is 6.73. The molecule has 24 heavy (non-hydrogen) atoms. The SMILES string of the molecule is CCn1c(N2CCCN(C)CC2)nc2c([N+](=O)[O-])c(Br)c(Br)cc21. The van der Waals surface area contributed by atoms with Crippen LogP contribution in [0.5, 0.6) is 0 Å². The number of likely N-dealkylation sites (N-methyl/N-ethyl adjacent to an activating group) is 1. The number of nitrogens with zero attached hydrogens (tertiary/aromatic N) is 5. The number of nitro benzene ring substituents is 1. The third-order valence-corrected chi connectivity index (χ3v) is 6.35. The highest BCUT2D eigenvalue weighted by Crippen LogP contribution is 2.40. The number of aryl methyl sites for hydroxylation is 1. The number of anilines is 1. The first-order valence-corrected chi connectivity index (χ1v) is 9.48. The Morgan fingerprint density at radius 3 is 2.71 bits per heavy atom. The molecule has 0 atom stereocenters. The maximum Gasteiger partial charge on any atom is 0.312 e. The maximum absolute atomic E-state index is 11.6. The molecule has 0 bridgehead atoms. The Hall–Kier alpha value is -1.19. The lowest BCUT2D eigenvalue weighted by molar-refractivity contribution is -0.384. The summed E-state index contributed by atoms with van der Waals surface area (Å²) in [7, 11) is 2.12. The third kappa shape index (κ3) is 3.04. The third-order valence-electron chi connectivity index (χ3n) is 4.39. The van der Waals surface area contributed by atoms with Crippen LogP contribution in [-0.2, 0) is 6.54 Å². The van der Waals surface area contributed by atoms with Gasteiger partial charge < -0.3 is 14.4 Å². The van der Waals surface area contributed by atoms with Crippen LogP contribution in [0.3, 0.4) is 0 Å². The number of halogens is 2. The van der Waals surface area contributed by atoms with E-state index in [1.165, 1.54) is 0 Å². The van der Waals surface area contributed by atoms with Crippen molar-refractivity contribution in [3.63, 3.8) is 0 Å². The number of rotatable bonds is 3. The molecule has 2 aromatic rings. The number of nitro groups is 1. The molecule has 1 saturated heterocycles. The van der Waals surface area contributed by atoms with Crippen molar-refractivity contribution in [2.75, 3.05) is 38.1 Å². The highest BCUT2D eigenvalue weighted by molar-refractivity contribution is 9.13. The van der Waals surface area contributed by atoms with Crippen LogP contribution in [0.1, 0.15) is 13.3 Å². The predicted molar refractivity (Wildman–Crippen MR) is 102 cm³/mol. The topological polar surface area (TPSA) is 67.4 Å². The average Bonchev–Trinajstić information content (AvgIpc) is 2.73. The quantitative estimate of drug-likeness (QED) is 0.516. The van der Waals surface area contributed by atoms with Crippen molar-refractivity contribution in [3.8, 4) is 0 Å². The summed E-state index contributed by atoms with van der Waals surface area (Å²) in [5, 5.41) is 11.6. The molecular formula is C15H19Br2N5O2. The Bertz CT molecular complexity index is 792. The van der Waals surface area contributed by atoms with E-state index in [-0.39, 0.29) is 10.6 Å². The number of benzene rings is 1. The lowest BCUT2D eigenvalue weighted by Gasteiger charge is -2.22. The number of hydrogen-bond donors (Lipinski definition) is 0. The second-order valence-corrected chi connectivity index (χ2v) is 7.59. The van der Waals surface area contributed by atoms with Crippen LogP contribution in [-0.4, -0.2) is 52.6 Å². The Morgan fingerprint density at radius 1 is 1.29 bits per heavy atom. The fraction of sp³-hybridized carbons (Fsp3) is 0.533. The second-order valence-electron chi connectivity index (χ2n) is 5.95. The largest absolute Gasteiger partial charge is 0.341 e. The lowest BCUT2D eigenvalue weighted by atomic mass is 10.2. The molecule has 0 radical (unpaired) electrons. The Labute approximate surface area is 157 Å². The van der Waals surface area contributed by atoms with Gasteiger partial charge in [-0.1, -0.05) is 0 Å². The van der Waals surface area contributed by atoms with Crippen molar-refractivity contribution >= 4 is 54.5 Å². The molecule has 7 nitrogen and oxygen atoms in total. The van der Waals surface area contributed by atoms with Gasteiger partial charge >= 0.3 is 5.69 Å². The molecule has 1 fully saturated rings. The monoisotopic (exact) mass is 459 g/mol. The van der Waals surface area contributed by atoms with Crippen molar-refractivity contribution in [2.45, 2.75) is 19.9 Å². The van der Waals surface area contributed by atoms with Gasteiger partial charge in [0, 0.05) is 30.7 Å². The molecule has 0 aliphatic carbocycles. The molecule has 2 heterocycles. The molecule has 0 amide bonds. The molecule has 9 heteroatoms. The van der Waals surface area contributed by atoms with Gasteiger partial charge in [-0.05, 0) is 64.9 Å². The van der Waals surface area contributed by atoms with Crippen LogP contribution in [0.2, 0.25) is 0 Å². The summed E-state index contributed by atoms with van der Waals surface area (Å²) in [6, 6.07) is 1.90. The first-order valence-electron chi connectivity index (χ1n) is 7.90. The van der Waals surface area contributed by atoms with E-state index in [2.05, 4.69) is 58.3 Å². The van der Waals surface area contributed by atoms with Gasteiger partial charge in [-0.25, -0.2) is 4.98 Å². The van der Waals surface area contributed by atoms with Crippen molar-refractivity contribution < 1.29 is 4.92 Å². The highest BCUT2D eigenvalue weighted by atomic mass is 79.9. The van der Waals surface area contributed by atoms with Crippen LogP contribution in [0, 0.1) is 10.1 Å². The average molecular weight is 461 g/mol. The van der Waals surface area contributed by atoms with Gasteiger partial charge in [0.05, 0.1) is 10.4 Å². The van der Waals surface area contributed by atoms with E-state index in [4.69, 9.17) is 0 Å². The van der Waals surface area contributed by atoms with Crippen LogP contribution in [0.25, 0.3) is 11.0 Å². The van der Waals surface area contributed by atoms with Gasteiger partial charge in [0.25, 0.3) is 0 Å². The summed E-state index contributed by atoms with van der Waals surface area (Å²) in [5.74, 6) is 0.816.